The zero-order valence-corrected chi connectivity index (χ0v) is 12.8. The molecule has 2 aromatic carbocycles. The first-order chi connectivity index (χ1) is 9.97. The average Bonchev–Trinajstić information content (AvgIpc) is 2.42. The maximum atomic E-state index is 13.9. The first-order valence-electron chi connectivity index (χ1n) is 6.93. The molecule has 0 aliphatic heterocycles. The minimum Gasteiger partial charge on any atom is -0.375 e. The molecule has 1 unspecified atom stereocenters. The second-order valence-corrected chi connectivity index (χ2v) is 5.89. The number of benzene rings is 2. The van der Waals surface area contributed by atoms with Crippen molar-refractivity contribution in [3.63, 3.8) is 0 Å². The second kappa shape index (κ2) is 6.90. The van der Waals surface area contributed by atoms with Crippen molar-refractivity contribution in [1.82, 2.24) is 0 Å². The van der Waals surface area contributed by atoms with Crippen LogP contribution in [0.5, 0.6) is 0 Å². The predicted octanol–water partition coefficient (Wildman–Crippen LogP) is 5.82. The Morgan fingerprint density at radius 1 is 1.10 bits per heavy atom. The maximum absolute atomic E-state index is 13.9. The van der Waals surface area contributed by atoms with Crippen LogP contribution in [-0.4, -0.2) is 0 Å². The van der Waals surface area contributed by atoms with Gasteiger partial charge in [0.25, 0.3) is 0 Å². The molecule has 1 nitrogen and oxygen atoms in total. The molecule has 0 spiro atoms. The molecule has 0 radical (unpaired) electrons. The van der Waals surface area contributed by atoms with Crippen molar-refractivity contribution in [2.75, 3.05) is 5.32 Å². The van der Waals surface area contributed by atoms with Crippen molar-refractivity contribution >= 4 is 17.3 Å². The highest BCUT2D eigenvalue weighted by atomic mass is 35.5. The Labute approximate surface area is 128 Å². The number of hydrogen-bond donors (Lipinski definition) is 1. The van der Waals surface area contributed by atoms with Gasteiger partial charge in [-0.05, 0) is 24.0 Å². The van der Waals surface area contributed by atoms with Gasteiger partial charge in [0.15, 0.2) is 5.82 Å². The van der Waals surface area contributed by atoms with E-state index in [0.717, 1.165) is 24.1 Å². The Bertz CT molecular complexity index is 576. The molecule has 0 heterocycles. The molecule has 1 N–H and O–H groups in total. The molecule has 4 heteroatoms. The SMILES string of the molecule is CC(C)CC(Nc1c(F)cc(F)cc1Cl)c1ccccc1. The zero-order valence-electron chi connectivity index (χ0n) is 12.0. The summed E-state index contributed by atoms with van der Waals surface area (Å²) in [6.07, 6.45) is 0.817. The molecule has 0 aliphatic rings. The van der Waals surface area contributed by atoms with E-state index in [1.54, 1.807) is 0 Å². The number of hydrogen-bond acceptors (Lipinski definition) is 1. The lowest BCUT2D eigenvalue weighted by molar-refractivity contribution is 0.525. The summed E-state index contributed by atoms with van der Waals surface area (Å²) in [6, 6.07) is 11.6. The molecule has 2 aromatic rings. The van der Waals surface area contributed by atoms with Gasteiger partial charge in [0.05, 0.1) is 16.8 Å². The summed E-state index contributed by atoms with van der Waals surface area (Å²) >= 11 is 5.96. The molecular weight excluding hydrogens is 292 g/mol. The van der Waals surface area contributed by atoms with E-state index in [4.69, 9.17) is 11.6 Å². The van der Waals surface area contributed by atoms with Crippen molar-refractivity contribution < 1.29 is 8.78 Å². The van der Waals surface area contributed by atoms with Crippen LogP contribution in [0.15, 0.2) is 42.5 Å². The fourth-order valence-electron chi connectivity index (χ4n) is 2.29. The van der Waals surface area contributed by atoms with Crippen molar-refractivity contribution in [2.24, 2.45) is 5.92 Å². The van der Waals surface area contributed by atoms with Gasteiger partial charge in [-0.25, -0.2) is 8.78 Å². The molecule has 0 aliphatic carbocycles. The molecule has 0 saturated heterocycles. The van der Waals surface area contributed by atoms with Crippen molar-refractivity contribution in [3.8, 4) is 0 Å². The molecule has 112 valence electrons. The molecule has 1 atom stereocenters. The lowest BCUT2D eigenvalue weighted by Crippen LogP contribution is -2.14. The van der Waals surface area contributed by atoms with Crippen LogP contribution in [0.2, 0.25) is 5.02 Å². The highest BCUT2D eigenvalue weighted by molar-refractivity contribution is 6.33. The van der Waals surface area contributed by atoms with E-state index in [-0.39, 0.29) is 16.8 Å². The molecule has 0 aromatic heterocycles. The van der Waals surface area contributed by atoms with Gasteiger partial charge in [-0.3, -0.25) is 0 Å². The summed E-state index contributed by atoms with van der Waals surface area (Å²) in [5, 5.41) is 3.17. The van der Waals surface area contributed by atoms with E-state index >= 15 is 0 Å². The summed E-state index contributed by atoms with van der Waals surface area (Å²) in [7, 11) is 0. The number of nitrogens with one attached hydrogen (secondary N) is 1. The summed E-state index contributed by atoms with van der Waals surface area (Å²) in [5.41, 5.74) is 1.19. The molecular formula is C17H18ClF2N. The standard InChI is InChI=1S/C17H18ClF2N/c1-11(2)8-16(12-6-4-3-5-7-12)21-17-14(18)9-13(19)10-15(17)20/h3-7,9-11,16,21H,8H2,1-2H3. The topological polar surface area (TPSA) is 12.0 Å². The smallest absolute Gasteiger partial charge is 0.150 e. The maximum Gasteiger partial charge on any atom is 0.150 e. The second-order valence-electron chi connectivity index (χ2n) is 5.48. The summed E-state index contributed by atoms with van der Waals surface area (Å²) in [5.74, 6) is -0.933. The third kappa shape index (κ3) is 4.18. The van der Waals surface area contributed by atoms with Gasteiger partial charge in [-0.15, -0.1) is 0 Å². The van der Waals surface area contributed by atoms with Crippen LogP contribution in [0.3, 0.4) is 0 Å². The highest BCUT2D eigenvalue weighted by Gasteiger charge is 2.17. The minimum atomic E-state index is -0.678. The summed E-state index contributed by atoms with van der Waals surface area (Å²) in [4.78, 5) is 0. The minimum absolute atomic E-state index is 0.0530. The molecule has 21 heavy (non-hydrogen) atoms. The van der Waals surface area contributed by atoms with Gasteiger partial charge >= 0.3 is 0 Å². The number of halogens is 3. The van der Waals surface area contributed by atoms with Gasteiger partial charge in [0.1, 0.15) is 5.82 Å². The zero-order chi connectivity index (χ0) is 15.4. The predicted molar refractivity (Wildman–Crippen MR) is 83.6 cm³/mol. The fourth-order valence-corrected chi connectivity index (χ4v) is 2.54. The largest absolute Gasteiger partial charge is 0.375 e. The van der Waals surface area contributed by atoms with Crippen molar-refractivity contribution in [1.29, 1.82) is 0 Å². The van der Waals surface area contributed by atoms with Crippen LogP contribution < -0.4 is 5.32 Å². The van der Waals surface area contributed by atoms with Gasteiger partial charge < -0.3 is 5.32 Å². The van der Waals surface area contributed by atoms with Gasteiger partial charge in [-0.1, -0.05) is 55.8 Å². The van der Waals surface area contributed by atoms with Crippen LogP contribution in [0, 0.1) is 17.6 Å². The van der Waals surface area contributed by atoms with Crippen LogP contribution >= 0.6 is 11.6 Å². The van der Waals surface area contributed by atoms with Crippen LogP contribution in [-0.2, 0) is 0 Å². The fraction of sp³-hybridized carbons (Fsp3) is 0.294. The molecule has 0 saturated carbocycles. The quantitative estimate of drug-likeness (QED) is 0.734. The van der Waals surface area contributed by atoms with E-state index in [9.17, 15) is 8.78 Å². The lowest BCUT2D eigenvalue weighted by atomic mass is 9.96. The Kier molecular flexibility index (Phi) is 5.18. The Morgan fingerprint density at radius 2 is 1.76 bits per heavy atom. The summed E-state index contributed by atoms with van der Waals surface area (Å²) in [6.45, 7) is 4.19. The van der Waals surface area contributed by atoms with E-state index in [1.165, 1.54) is 0 Å². The van der Waals surface area contributed by atoms with Gasteiger partial charge in [0.2, 0.25) is 0 Å². The van der Waals surface area contributed by atoms with Crippen LogP contribution in [0.4, 0.5) is 14.5 Å². The van der Waals surface area contributed by atoms with Crippen molar-refractivity contribution in [2.45, 2.75) is 26.3 Å². The van der Waals surface area contributed by atoms with E-state index in [1.807, 2.05) is 30.3 Å². The highest BCUT2D eigenvalue weighted by Crippen LogP contribution is 2.32. The lowest BCUT2D eigenvalue weighted by Gasteiger charge is -2.23. The number of anilines is 1. The Balaban J connectivity index is 2.32. The first kappa shape index (κ1) is 15.8. The molecule has 0 amide bonds. The number of rotatable bonds is 5. The summed E-state index contributed by atoms with van der Waals surface area (Å²) < 4.78 is 27.1. The molecule has 2 rings (SSSR count). The van der Waals surface area contributed by atoms with Gasteiger partial charge in [0, 0.05) is 6.07 Å². The molecule has 0 bridgehead atoms. The first-order valence-corrected chi connectivity index (χ1v) is 7.31. The molecule has 0 fully saturated rings. The Morgan fingerprint density at radius 3 is 2.33 bits per heavy atom. The van der Waals surface area contributed by atoms with E-state index in [0.29, 0.717) is 5.92 Å². The van der Waals surface area contributed by atoms with Crippen LogP contribution in [0.25, 0.3) is 0 Å². The van der Waals surface area contributed by atoms with E-state index < -0.39 is 11.6 Å². The van der Waals surface area contributed by atoms with Crippen molar-refractivity contribution in [3.05, 3.63) is 64.7 Å². The van der Waals surface area contributed by atoms with E-state index in [2.05, 4.69) is 19.2 Å². The van der Waals surface area contributed by atoms with Gasteiger partial charge in [-0.2, -0.15) is 0 Å². The normalized spacial score (nSPS) is 12.5. The third-order valence-corrected chi connectivity index (χ3v) is 3.53. The average molecular weight is 310 g/mol. The monoisotopic (exact) mass is 309 g/mol. The third-order valence-electron chi connectivity index (χ3n) is 3.23. The Hall–Kier alpha value is -1.61. The van der Waals surface area contributed by atoms with Crippen LogP contribution in [0.1, 0.15) is 31.9 Å².